The quantitative estimate of drug-likeness (QED) is 0.746. The van der Waals surface area contributed by atoms with Crippen LogP contribution in [0.5, 0.6) is 5.75 Å². The van der Waals surface area contributed by atoms with Crippen LogP contribution in [-0.2, 0) is 5.41 Å². The zero-order valence-electron chi connectivity index (χ0n) is 14.9. The Morgan fingerprint density at radius 1 is 0.826 bits per heavy atom. The molecule has 0 aromatic heterocycles. The molecule has 0 heterocycles. The van der Waals surface area contributed by atoms with Gasteiger partial charge in [-0.05, 0) is 46.4 Å². The second kappa shape index (κ2) is 5.12. The molecule has 1 aliphatic carbocycles. The lowest BCUT2D eigenvalue weighted by atomic mass is 9.63. The van der Waals surface area contributed by atoms with Crippen LogP contribution in [0.15, 0.2) is 54.6 Å². The lowest BCUT2D eigenvalue weighted by molar-refractivity contribution is 0.112. The highest BCUT2D eigenvalue weighted by Gasteiger charge is 2.60. The topological polar surface area (TPSA) is 20.2 Å². The first-order valence-electron chi connectivity index (χ1n) is 8.57. The van der Waals surface area contributed by atoms with E-state index in [2.05, 4.69) is 77.1 Å². The van der Waals surface area contributed by atoms with Crippen molar-refractivity contribution >= 4 is 0 Å². The first-order valence-corrected chi connectivity index (χ1v) is 8.57. The molecule has 0 bridgehead atoms. The predicted octanol–water partition coefficient (Wildman–Crippen LogP) is 5.77. The van der Waals surface area contributed by atoms with Gasteiger partial charge >= 0.3 is 0 Å². The maximum Gasteiger partial charge on any atom is 0.115 e. The molecule has 23 heavy (non-hydrogen) atoms. The van der Waals surface area contributed by atoms with Crippen molar-refractivity contribution in [1.29, 1.82) is 0 Å². The van der Waals surface area contributed by atoms with Crippen molar-refractivity contribution in [3.8, 4) is 5.75 Å². The Labute approximate surface area is 140 Å². The summed E-state index contributed by atoms with van der Waals surface area (Å²) in [7, 11) is 0. The zero-order chi connectivity index (χ0) is 16.9. The number of aromatic hydroxyl groups is 1. The molecule has 2 atom stereocenters. The first kappa shape index (κ1) is 16.1. The van der Waals surface area contributed by atoms with Crippen molar-refractivity contribution in [2.45, 2.75) is 46.5 Å². The van der Waals surface area contributed by atoms with Gasteiger partial charge in [-0.1, -0.05) is 77.1 Å². The van der Waals surface area contributed by atoms with Crippen LogP contribution in [0.2, 0.25) is 0 Å². The summed E-state index contributed by atoms with van der Waals surface area (Å²) in [6.45, 7) is 12.0. The van der Waals surface area contributed by atoms with Gasteiger partial charge in [0, 0.05) is 5.41 Å². The van der Waals surface area contributed by atoms with E-state index >= 15 is 0 Å². The third kappa shape index (κ3) is 2.21. The number of hydrogen-bond donors (Lipinski definition) is 1. The van der Waals surface area contributed by atoms with Crippen molar-refractivity contribution in [1.82, 2.24) is 0 Å². The van der Waals surface area contributed by atoms with Gasteiger partial charge in [0.1, 0.15) is 5.75 Å². The number of phenolic OH excluding ortho intramolecular Hbond substituents is 1. The van der Waals surface area contributed by atoms with E-state index in [1.54, 1.807) is 0 Å². The number of rotatable bonds is 2. The van der Waals surface area contributed by atoms with Crippen LogP contribution in [0, 0.1) is 16.7 Å². The van der Waals surface area contributed by atoms with Gasteiger partial charge in [-0.15, -0.1) is 0 Å². The van der Waals surface area contributed by atoms with Gasteiger partial charge < -0.3 is 5.11 Å². The Morgan fingerprint density at radius 2 is 1.35 bits per heavy atom. The second-order valence-electron chi connectivity index (χ2n) is 8.39. The summed E-state index contributed by atoms with van der Waals surface area (Å²) in [6, 6.07) is 18.8. The molecule has 0 amide bonds. The molecule has 1 heteroatoms. The van der Waals surface area contributed by atoms with E-state index in [4.69, 9.17) is 0 Å². The van der Waals surface area contributed by atoms with Gasteiger partial charge in [0.15, 0.2) is 0 Å². The smallest absolute Gasteiger partial charge is 0.115 e. The fourth-order valence-corrected chi connectivity index (χ4v) is 4.65. The molecule has 0 spiro atoms. The Kier molecular flexibility index (Phi) is 3.59. The van der Waals surface area contributed by atoms with Crippen LogP contribution >= 0.6 is 0 Å². The van der Waals surface area contributed by atoms with Crippen LogP contribution in [0.3, 0.4) is 0 Å². The Morgan fingerprint density at radius 3 is 1.83 bits per heavy atom. The standard InChI is InChI=1S/C22H28O/c1-16-21(4,5)20(2,3)15-22(16,17-9-7-6-8-10-17)18-11-13-19(23)14-12-18/h6-14,16,23H,15H2,1-5H3. The van der Waals surface area contributed by atoms with E-state index in [9.17, 15) is 5.11 Å². The van der Waals surface area contributed by atoms with Crippen molar-refractivity contribution in [3.63, 3.8) is 0 Å². The molecule has 1 nitrogen and oxygen atoms in total. The van der Waals surface area contributed by atoms with Crippen LogP contribution < -0.4 is 0 Å². The summed E-state index contributed by atoms with van der Waals surface area (Å²) in [6.07, 6.45) is 1.11. The molecule has 0 aliphatic heterocycles. The van der Waals surface area contributed by atoms with E-state index in [-0.39, 0.29) is 16.2 Å². The predicted molar refractivity (Wildman–Crippen MR) is 96.7 cm³/mol. The summed E-state index contributed by atoms with van der Waals surface area (Å²) < 4.78 is 0. The molecule has 1 aliphatic rings. The molecule has 2 unspecified atom stereocenters. The minimum Gasteiger partial charge on any atom is -0.508 e. The maximum atomic E-state index is 9.73. The highest BCUT2D eigenvalue weighted by molar-refractivity contribution is 5.45. The fraction of sp³-hybridized carbons (Fsp3) is 0.455. The zero-order valence-corrected chi connectivity index (χ0v) is 14.9. The van der Waals surface area contributed by atoms with Gasteiger partial charge in [0.2, 0.25) is 0 Å². The van der Waals surface area contributed by atoms with Crippen LogP contribution in [0.25, 0.3) is 0 Å². The first-order chi connectivity index (χ1) is 10.7. The summed E-state index contributed by atoms with van der Waals surface area (Å²) >= 11 is 0. The molecule has 122 valence electrons. The molecular formula is C22H28O. The summed E-state index contributed by atoms with van der Waals surface area (Å²) in [4.78, 5) is 0. The van der Waals surface area contributed by atoms with Gasteiger partial charge in [-0.2, -0.15) is 0 Å². The van der Waals surface area contributed by atoms with Crippen LogP contribution in [-0.4, -0.2) is 5.11 Å². The molecule has 2 aromatic rings. The van der Waals surface area contributed by atoms with Gasteiger partial charge in [-0.3, -0.25) is 0 Å². The minimum atomic E-state index is -0.0119. The maximum absolute atomic E-state index is 9.73. The van der Waals surface area contributed by atoms with Crippen molar-refractivity contribution < 1.29 is 5.11 Å². The number of benzene rings is 2. The van der Waals surface area contributed by atoms with E-state index < -0.39 is 0 Å². The van der Waals surface area contributed by atoms with Crippen molar-refractivity contribution in [2.75, 3.05) is 0 Å². The SMILES string of the molecule is CC1C(c2ccccc2)(c2ccc(O)cc2)CC(C)(C)C1(C)C. The highest BCUT2D eigenvalue weighted by atomic mass is 16.3. The minimum absolute atomic E-state index is 0.0119. The highest BCUT2D eigenvalue weighted by Crippen LogP contribution is 2.66. The molecular weight excluding hydrogens is 280 g/mol. The molecule has 1 N–H and O–H groups in total. The number of phenols is 1. The molecule has 1 saturated carbocycles. The van der Waals surface area contributed by atoms with E-state index in [0.29, 0.717) is 11.7 Å². The van der Waals surface area contributed by atoms with E-state index in [0.717, 1.165) is 6.42 Å². The van der Waals surface area contributed by atoms with Gasteiger partial charge in [-0.25, -0.2) is 0 Å². The molecule has 2 aromatic carbocycles. The lowest BCUT2D eigenvalue weighted by Crippen LogP contribution is -2.36. The van der Waals surface area contributed by atoms with E-state index in [1.165, 1.54) is 11.1 Å². The molecule has 3 rings (SSSR count). The monoisotopic (exact) mass is 308 g/mol. The average molecular weight is 308 g/mol. The molecule has 0 saturated heterocycles. The Hall–Kier alpha value is -1.76. The van der Waals surface area contributed by atoms with E-state index in [1.807, 2.05) is 12.1 Å². The Bertz CT molecular complexity index is 682. The summed E-state index contributed by atoms with van der Waals surface area (Å²) in [5, 5.41) is 9.73. The second-order valence-corrected chi connectivity index (χ2v) is 8.39. The van der Waals surface area contributed by atoms with Crippen molar-refractivity contribution in [2.24, 2.45) is 16.7 Å². The third-order valence-corrected chi connectivity index (χ3v) is 6.96. The average Bonchev–Trinajstić information content (AvgIpc) is 2.67. The molecule has 0 radical (unpaired) electrons. The van der Waals surface area contributed by atoms with Gasteiger partial charge in [0.25, 0.3) is 0 Å². The Balaban J connectivity index is 2.27. The summed E-state index contributed by atoms with van der Waals surface area (Å²) in [5.74, 6) is 0.832. The van der Waals surface area contributed by atoms with Crippen LogP contribution in [0.4, 0.5) is 0 Å². The van der Waals surface area contributed by atoms with Crippen LogP contribution in [0.1, 0.15) is 52.2 Å². The number of hydrogen-bond acceptors (Lipinski definition) is 1. The lowest BCUT2D eigenvalue weighted by Gasteiger charge is -2.40. The van der Waals surface area contributed by atoms with Crippen molar-refractivity contribution in [3.05, 3.63) is 65.7 Å². The summed E-state index contributed by atoms with van der Waals surface area (Å²) in [5.41, 5.74) is 3.15. The van der Waals surface area contributed by atoms with Gasteiger partial charge in [0.05, 0.1) is 0 Å². The fourth-order valence-electron chi connectivity index (χ4n) is 4.65. The molecule has 1 fully saturated rings. The normalized spacial score (nSPS) is 28.7. The largest absolute Gasteiger partial charge is 0.508 e. The third-order valence-electron chi connectivity index (χ3n) is 6.96.